The fraction of sp³-hybridized carbons (Fsp3) is 0.133. The van der Waals surface area contributed by atoms with Gasteiger partial charge in [-0.2, -0.15) is 0 Å². The summed E-state index contributed by atoms with van der Waals surface area (Å²) in [5.41, 5.74) is 11.1. The van der Waals surface area contributed by atoms with E-state index in [4.69, 9.17) is 19.4 Å². The molecule has 5 nitrogen and oxygen atoms in total. The standard InChI is InChI=1S/C45H34N4O/c1-4-13-29(14-5-1)43-46-44(30-15-6-2-7-16-30)48-45(47-43)32-24-26-40-37(28-32)42-34(20-12-22-41(42)50-40)31-23-25-39-36(27-31)35-19-10-11-21-38(35)49(39)33-17-8-3-9-18-33/h1-9,12-18,20,22-28,35,38H,10-11,19,21H2. The zero-order valence-corrected chi connectivity index (χ0v) is 27.5. The van der Waals surface area contributed by atoms with Crippen LogP contribution in [0.5, 0.6) is 0 Å². The lowest BCUT2D eigenvalue weighted by atomic mass is 9.81. The van der Waals surface area contributed by atoms with Crippen LogP contribution in [0.15, 0.2) is 150 Å². The van der Waals surface area contributed by atoms with Crippen LogP contribution in [0.3, 0.4) is 0 Å². The van der Waals surface area contributed by atoms with Crippen LogP contribution in [-0.4, -0.2) is 21.0 Å². The maximum Gasteiger partial charge on any atom is 0.164 e. The number of hydrogen-bond donors (Lipinski definition) is 0. The molecule has 2 aliphatic rings. The highest BCUT2D eigenvalue weighted by atomic mass is 16.3. The molecule has 8 aromatic rings. The highest BCUT2D eigenvalue weighted by Gasteiger charge is 2.40. The third-order valence-corrected chi connectivity index (χ3v) is 10.5. The molecule has 0 amide bonds. The molecule has 0 radical (unpaired) electrons. The number of para-hydroxylation sites is 1. The molecule has 50 heavy (non-hydrogen) atoms. The number of rotatable bonds is 5. The van der Waals surface area contributed by atoms with Crippen LogP contribution in [0.25, 0.3) is 67.2 Å². The molecule has 10 rings (SSSR count). The van der Waals surface area contributed by atoms with E-state index in [1.807, 2.05) is 60.7 Å². The first-order chi connectivity index (χ1) is 24.8. The third kappa shape index (κ3) is 4.80. The maximum atomic E-state index is 6.48. The van der Waals surface area contributed by atoms with Gasteiger partial charge in [0.05, 0.1) is 0 Å². The van der Waals surface area contributed by atoms with Gasteiger partial charge in [0, 0.05) is 50.8 Å². The summed E-state index contributed by atoms with van der Waals surface area (Å²) in [5, 5.41) is 2.17. The Hall–Kier alpha value is -6.07. The highest BCUT2D eigenvalue weighted by molar-refractivity contribution is 6.13. The van der Waals surface area contributed by atoms with Gasteiger partial charge in [-0.1, -0.05) is 110 Å². The number of furan rings is 1. The maximum absolute atomic E-state index is 6.48. The predicted octanol–water partition coefficient (Wildman–Crippen LogP) is 11.6. The second-order valence-corrected chi connectivity index (χ2v) is 13.5. The first-order valence-electron chi connectivity index (χ1n) is 17.6. The molecule has 1 aliphatic carbocycles. The fourth-order valence-electron chi connectivity index (χ4n) is 8.26. The van der Waals surface area contributed by atoms with E-state index in [0.29, 0.717) is 29.4 Å². The SMILES string of the molecule is c1ccc(-c2nc(-c3ccccc3)nc(-c3ccc4oc5cccc(-c6ccc7c(c6)C6CCCCC6N7c6ccccc6)c5c4c3)n2)cc1. The monoisotopic (exact) mass is 646 g/mol. The predicted molar refractivity (Wildman–Crippen MR) is 202 cm³/mol. The lowest BCUT2D eigenvalue weighted by Crippen LogP contribution is -2.32. The van der Waals surface area contributed by atoms with E-state index in [9.17, 15) is 0 Å². The lowest BCUT2D eigenvalue weighted by Gasteiger charge is -2.33. The van der Waals surface area contributed by atoms with Crippen molar-refractivity contribution in [1.82, 2.24) is 15.0 Å². The van der Waals surface area contributed by atoms with E-state index in [-0.39, 0.29) is 0 Å². The Morgan fingerprint density at radius 1 is 0.520 bits per heavy atom. The first kappa shape index (κ1) is 28.9. The number of benzene rings is 6. The van der Waals surface area contributed by atoms with Gasteiger partial charge in [0.1, 0.15) is 11.2 Å². The van der Waals surface area contributed by atoms with E-state index in [1.165, 1.54) is 53.7 Å². The van der Waals surface area contributed by atoms with Crippen LogP contribution >= 0.6 is 0 Å². The highest BCUT2D eigenvalue weighted by Crippen LogP contribution is 2.52. The van der Waals surface area contributed by atoms with Crippen molar-refractivity contribution in [3.8, 4) is 45.3 Å². The van der Waals surface area contributed by atoms with Crippen molar-refractivity contribution in [2.75, 3.05) is 4.90 Å². The van der Waals surface area contributed by atoms with Gasteiger partial charge in [-0.15, -0.1) is 0 Å². The smallest absolute Gasteiger partial charge is 0.164 e. The summed E-state index contributed by atoms with van der Waals surface area (Å²) in [5.74, 6) is 2.47. The van der Waals surface area contributed by atoms with Gasteiger partial charge in [-0.05, 0) is 78.1 Å². The minimum Gasteiger partial charge on any atom is -0.456 e. The molecule has 2 atom stereocenters. The van der Waals surface area contributed by atoms with Crippen LogP contribution in [0.1, 0.15) is 37.2 Å². The molecule has 1 saturated carbocycles. The zero-order valence-electron chi connectivity index (χ0n) is 27.5. The van der Waals surface area contributed by atoms with E-state index >= 15 is 0 Å². The largest absolute Gasteiger partial charge is 0.456 e. The molecular weight excluding hydrogens is 613 g/mol. The Morgan fingerprint density at radius 2 is 1.16 bits per heavy atom. The Bertz CT molecular complexity index is 2450. The molecule has 5 heteroatoms. The van der Waals surface area contributed by atoms with Crippen molar-refractivity contribution < 1.29 is 4.42 Å². The molecule has 0 spiro atoms. The van der Waals surface area contributed by atoms with Gasteiger partial charge in [0.2, 0.25) is 0 Å². The van der Waals surface area contributed by atoms with Gasteiger partial charge in [-0.25, -0.2) is 15.0 Å². The number of aromatic nitrogens is 3. The van der Waals surface area contributed by atoms with Crippen LogP contribution < -0.4 is 4.90 Å². The summed E-state index contributed by atoms with van der Waals surface area (Å²) in [6, 6.07) is 51.5. The van der Waals surface area contributed by atoms with Crippen LogP contribution in [-0.2, 0) is 0 Å². The van der Waals surface area contributed by atoms with Crippen LogP contribution in [0, 0.1) is 0 Å². The third-order valence-electron chi connectivity index (χ3n) is 10.5. The second-order valence-electron chi connectivity index (χ2n) is 13.5. The normalized spacial score (nSPS) is 16.8. The molecule has 6 aromatic carbocycles. The topological polar surface area (TPSA) is 55.1 Å². The summed E-state index contributed by atoms with van der Waals surface area (Å²) in [6.45, 7) is 0. The number of fused-ring (bicyclic) bond motifs is 6. The Balaban J connectivity index is 1.12. The van der Waals surface area contributed by atoms with E-state index < -0.39 is 0 Å². The number of nitrogens with zero attached hydrogens (tertiary/aromatic N) is 4. The molecule has 0 saturated heterocycles. The molecule has 2 unspecified atom stereocenters. The first-order valence-corrected chi connectivity index (χ1v) is 17.6. The summed E-state index contributed by atoms with van der Waals surface area (Å²) in [4.78, 5) is 17.5. The van der Waals surface area contributed by atoms with Crippen molar-refractivity contribution in [3.05, 3.63) is 151 Å². The van der Waals surface area contributed by atoms with Gasteiger partial charge < -0.3 is 9.32 Å². The fourth-order valence-corrected chi connectivity index (χ4v) is 8.26. The summed E-state index contributed by atoms with van der Waals surface area (Å²) in [6.07, 6.45) is 5.03. The molecule has 3 heterocycles. The second kappa shape index (κ2) is 11.8. The quantitative estimate of drug-likeness (QED) is 0.186. The van der Waals surface area contributed by atoms with Crippen LogP contribution in [0.4, 0.5) is 11.4 Å². The average Bonchev–Trinajstić information content (AvgIpc) is 3.74. The zero-order chi connectivity index (χ0) is 33.0. The molecule has 1 aliphatic heterocycles. The van der Waals surface area contributed by atoms with Gasteiger partial charge in [-0.3, -0.25) is 0 Å². The molecule has 1 fully saturated rings. The minimum absolute atomic E-state index is 0.506. The van der Waals surface area contributed by atoms with Gasteiger partial charge in [0.15, 0.2) is 17.5 Å². The van der Waals surface area contributed by atoms with Crippen molar-refractivity contribution in [3.63, 3.8) is 0 Å². The van der Waals surface area contributed by atoms with Crippen LogP contribution in [0.2, 0.25) is 0 Å². The lowest BCUT2D eigenvalue weighted by molar-refractivity contribution is 0.402. The molecular formula is C45H34N4O. The average molecular weight is 647 g/mol. The summed E-state index contributed by atoms with van der Waals surface area (Å²) >= 11 is 0. The van der Waals surface area contributed by atoms with Crippen molar-refractivity contribution in [1.29, 1.82) is 0 Å². The summed E-state index contributed by atoms with van der Waals surface area (Å²) < 4.78 is 6.48. The Kier molecular flexibility index (Phi) is 6.83. The Labute approximate surface area is 290 Å². The molecule has 0 bridgehead atoms. The molecule has 0 N–H and O–H groups in total. The van der Waals surface area contributed by atoms with Crippen molar-refractivity contribution in [2.24, 2.45) is 0 Å². The number of hydrogen-bond acceptors (Lipinski definition) is 5. The van der Waals surface area contributed by atoms with E-state index in [1.54, 1.807) is 0 Å². The Morgan fingerprint density at radius 3 is 1.88 bits per heavy atom. The van der Waals surface area contributed by atoms with E-state index in [0.717, 1.165) is 38.6 Å². The molecule has 2 aromatic heterocycles. The minimum atomic E-state index is 0.506. The summed E-state index contributed by atoms with van der Waals surface area (Å²) in [7, 11) is 0. The van der Waals surface area contributed by atoms with Crippen molar-refractivity contribution >= 4 is 33.3 Å². The van der Waals surface area contributed by atoms with Gasteiger partial charge in [0.25, 0.3) is 0 Å². The van der Waals surface area contributed by atoms with Crippen molar-refractivity contribution in [2.45, 2.75) is 37.6 Å². The van der Waals surface area contributed by atoms with Gasteiger partial charge >= 0.3 is 0 Å². The number of anilines is 2. The van der Waals surface area contributed by atoms with E-state index in [2.05, 4.69) is 89.8 Å². The molecule has 240 valence electrons.